The molecule has 0 aliphatic carbocycles. The molecule has 2 aromatic rings. The first-order valence-electron chi connectivity index (χ1n) is 7.98. The number of ether oxygens (including phenoxy) is 1. The molecule has 0 aromatic carbocycles. The van der Waals surface area contributed by atoms with Crippen LogP contribution in [0.3, 0.4) is 0 Å². The molecular weight excluding hydrogens is 292 g/mol. The van der Waals surface area contributed by atoms with Crippen molar-refractivity contribution in [3.63, 3.8) is 0 Å². The average molecular weight is 314 g/mol. The average Bonchev–Trinajstić information content (AvgIpc) is 2.63. The largest absolute Gasteiger partial charge is 0.463 e. The lowest BCUT2D eigenvalue weighted by molar-refractivity contribution is 0.295. The van der Waals surface area contributed by atoms with Crippen LogP contribution < -0.4 is 20.9 Å². The number of nitrogens with zero attached hydrogens (tertiary/aromatic N) is 4. The van der Waals surface area contributed by atoms with Gasteiger partial charge in [0.15, 0.2) is 0 Å². The Balaban J connectivity index is 1.65. The third-order valence-electron chi connectivity index (χ3n) is 3.84. The van der Waals surface area contributed by atoms with Gasteiger partial charge in [0.1, 0.15) is 11.6 Å². The van der Waals surface area contributed by atoms with Gasteiger partial charge >= 0.3 is 6.01 Å². The predicted octanol–water partition coefficient (Wildman–Crippen LogP) is 1.77. The second kappa shape index (κ2) is 7.73. The number of hydrogen-bond acceptors (Lipinski definition) is 7. The van der Waals surface area contributed by atoms with E-state index in [-0.39, 0.29) is 0 Å². The van der Waals surface area contributed by atoms with Crippen molar-refractivity contribution in [1.29, 1.82) is 0 Å². The zero-order valence-electron chi connectivity index (χ0n) is 13.1. The second-order valence-electron chi connectivity index (χ2n) is 5.51. The lowest BCUT2D eigenvalue weighted by Crippen LogP contribution is -2.30. The van der Waals surface area contributed by atoms with E-state index in [1.165, 1.54) is 19.3 Å². The van der Waals surface area contributed by atoms with Crippen molar-refractivity contribution in [2.75, 3.05) is 30.0 Å². The molecule has 0 radical (unpaired) electrons. The molecule has 1 aliphatic heterocycles. The van der Waals surface area contributed by atoms with Gasteiger partial charge in [0.05, 0.1) is 6.61 Å². The van der Waals surface area contributed by atoms with Crippen molar-refractivity contribution in [3.8, 4) is 6.01 Å². The molecule has 3 heterocycles. The number of nitrogens with two attached hydrogens (primary N) is 1. The summed E-state index contributed by atoms with van der Waals surface area (Å²) in [6.45, 7) is 2.49. The number of pyridine rings is 1. The van der Waals surface area contributed by atoms with Crippen molar-refractivity contribution in [2.45, 2.75) is 25.7 Å². The minimum Gasteiger partial charge on any atom is -0.463 e. The van der Waals surface area contributed by atoms with Crippen LogP contribution in [0, 0.1) is 0 Å². The Morgan fingerprint density at radius 3 is 2.78 bits per heavy atom. The smallest absolute Gasteiger partial charge is 0.320 e. The van der Waals surface area contributed by atoms with Crippen molar-refractivity contribution in [3.05, 3.63) is 36.2 Å². The van der Waals surface area contributed by atoms with Crippen molar-refractivity contribution in [2.24, 2.45) is 5.84 Å². The summed E-state index contributed by atoms with van der Waals surface area (Å²) in [4.78, 5) is 15.3. The first-order valence-corrected chi connectivity index (χ1v) is 7.98. The fraction of sp³-hybridized carbons (Fsp3) is 0.438. The van der Waals surface area contributed by atoms with Gasteiger partial charge in [0.25, 0.3) is 0 Å². The van der Waals surface area contributed by atoms with E-state index >= 15 is 0 Å². The summed E-state index contributed by atoms with van der Waals surface area (Å²) in [6.07, 6.45) is 6.14. The van der Waals surface area contributed by atoms with E-state index in [4.69, 9.17) is 10.6 Å². The van der Waals surface area contributed by atoms with Gasteiger partial charge in [-0.2, -0.15) is 9.97 Å². The van der Waals surface area contributed by atoms with Crippen molar-refractivity contribution in [1.82, 2.24) is 15.0 Å². The van der Waals surface area contributed by atoms with Gasteiger partial charge in [-0.1, -0.05) is 6.07 Å². The molecule has 0 atom stereocenters. The number of hydrazine groups is 1. The number of nitrogens with one attached hydrogen (secondary N) is 1. The number of aromatic nitrogens is 3. The fourth-order valence-corrected chi connectivity index (χ4v) is 2.63. The molecule has 3 rings (SSSR count). The summed E-state index contributed by atoms with van der Waals surface area (Å²) in [5.41, 5.74) is 3.57. The lowest BCUT2D eigenvalue weighted by atomic mass is 10.1. The maximum atomic E-state index is 5.70. The molecule has 7 nitrogen and oxygen atoms in total. The van der Waals surface area contributed by atoms with Crippen LogP contribution in [0.15, 0.2) is 30.5 Å². The highest BCUT2D eigenvalue weighted by Crippen LogP contribution is 2.22. The fourth-order valence-electron chi connectivity index (χ4n) is 2.63. The van der Waals surface area contributed by atoms with Crippen molar-refractivity contribution >= 4 is 11.6 Å². The zero-order valence-corrected chi connectivity index (χ0v) is 13.1. The minimum atomic E-state index is 0.344. The summed E-state index contributed by atoms with van der Waals surface area (Å²) >= 11 is 0. The number of hydrogen-bond donors (Lipinski definition) is 2. The van der Waals surface area contributed by atoms with Crippen LogP contribution in [-0.2, 0) is 6.42 Å². The quantitative estimate of drug-likeness (QED) is 0.620. The van der Waals surface area contributed by atoms with Gasteiger partial charge in [-0.25, -0.2) is 5.84 Å². The van der Waals surface area contributed by atoms with E-state index in [1.54, 1.807) is 6.20 Å². The summed E-state index contributed by atoms with van der Waals surface area (Å²) in [7, 11) is 0. The van der Waals surface area contributed by atoms with Crippen LogP contribution in [0.2, 0.25) is 0 Å². The molecule has 1 aliphatic rings. The van der Waals surface area contributed by atoms with Gasteiger partial charge in [-0.3, -0.25) is 4.98 Å². The van der Waals surface area contributed by atoms with Gasteiger partial charge in [0, 0.05) is 37.5 Å². The highest BCUT2D eigenvalue weighted by Gasteiger charge is 2.15. The van der Waals surface area contributed by atoms with E-state index in [0.717, 1.165) is 24.6 Å². The van der Waals surface area contributed by atoms with Crippen LogP contribution in [0.25, 0.3) is 0 Å². The third kappa shape index (κ3) is 4.29. The predicted molar refractivity (Wildman–Crippen MR) is 89.3 cm³/mol. The van der Waals surface area contributed by atoms with Gasteiger partial charge in [-0.15, -0.1) is 0 Å². The molecule has 0 unspecified atom stereocenters. The summed E-state index contributed by atoms with van der Waals surface area (Å²) in [5.74, 6) is 6.94. The van der Waals surface area contributed by atoms with Crippen LogP contribution >= 0.6 is 0 Å². The zero-order chi connectivity index (χ0) is 15.9. The normalized spacial score (nSPS) is 14.6. The minimum absolute atomic E-state index is 0.344. The lowest BCUT2D eigenvalue weighted by Gasteiger charge is -2.28. The first-order chi connectivity index (χ1) is 11.3. The molecule has 23 heavy (non-hydrogen) atoms. The number of piperidine rings is 1. The first kappa shape index (κ1) is 15.5. The van der Waals surface area contributed by atoms with E-state index in [9.17, 15) is 0 Å². The second-order valence-corrected chi connectivity index (χ2v) is 5.51. The number of anilines is 2. The molecule has 0 saturated carbocycles. The number of rotatable bonds is 6. The molecule has 2 aromatic heterocycles. The molecule has 1 fully saturated rings. The van der Waals surface area contributed by atoms with E-state index in [2.05, 4.69) is 25.3 Å². The molecule has 122 valence electrons. The highest BCUT2D eigenvalue weighted by atomic mass is 16.5. The molecule has 0 spiro atoms. The monoisotopic (exact) mass is 314 g/mol. The van der Waals surface area contributed by atoms with E-state index in [1.807, 2.05) is 24.3 Å². The molecular formula is C16H22N6O. The SMILES string of the molecule is NNc1cc(N2CCCCC2)nc(OCCc2ccccn2)n1. The highest BCUT2D eigenvalue weighted by molar-refractivity contribution is 5.50. The topological polar surface area (TPSA) is 89.2 Å². The Morgan fingerprint density at radius 2 is 2.04 bits per heavy atom. The molecule has 7 heteroatoms. The Bertz CT molecular complexity index is 615. The Kier molecular flexibility index (Phi) is 5.21. The molecule has 3 N–H and O–H groups in total. The number of nitrogen functional groups attached to an aromatic ring is 1. The summed E-state index contributed by atoms with van der Waals surface area (Å²) < 4.78 is 5.70. The van der Waals surface area contributed by atoms with Crippen LogP contribution in [0.5, 0.6) is 6.01 Å². The maximum absolute atomic E-state index is 5.70. The van der Waals surface area contributed by atoms with E-state index in [0.29, 0.717) is 24.9 Å². The summed E-state index contributed by atoms with van der Waals surface area (Å²) in [5, 5.41) is 0. The third-order valence-corrected chi connectivity index (χ3v) is 3.84. The molecule has 0 bridgehead atoms. The van der Waals surface area contributed by atoms with Gasteiger partial charge < -0.3 is 15.1 Å². The Labute approximate surface area is 135 Å². The van der Waals surface area contributed by atoms with Crippen molar-refractivity contribution < 1.29 is 4.74 Å². The maximum Gasteiger partial charge on any atom is 0.320 e. The summed E-state index contributed by atoms with van der Waals surface area (Å²) in [6, 6.07) is 8.04. The Morgan fingerprint density at radius 1 is 1.17 bits per heavy atom. The van der Waals surface area contributed by atoms with Gasteiger partial charge in [-0.05, 0) is 31.4 Å². The molecule has 0 amide bonds. The van der Waals surface area contributed by atoms with E-state index < -0.39 is 0 Å². The van der Waals surface area contributed by atoms with Crippen LogP contribution in [-0.4, -0.2) is 34.6 Å². The van der Waals surface area contributed by atoms with Crippen LogP contribution in [0.4, 0.5) is 11.6 Å². The molecule has 1 saturated heterocycles. The Hall–Kier alpha value is -2.41. The van der Waals surface area contributed by atoms with Crippen LogP contribution in [0.1, 0.15) is 25.0 Å². The van der Waals surface area contributed by atoms with Gasteiger partial charge in [0.2, 0.25) is 0 Å². The standard InChI is InChI=1S/C16H22N6O/c17-21-14-12-15(22-9-4-1-5-10-22)20-16(19-14)23-11-7-13-6-2-3-8-18-13/h2-3,6,8,12H,1,4-5,7,9-11,17H2,(H,19,20,21).